The summed E-state index contributed by atoms with van der Waals surface area (Å²) >= 11 is 0. The number of hydrogen-bond donors (Lipinski definition) is 1. The molecule has 7 heteroatoms. The summed E-state index contributed by atoms with van der Waals surface area (Å²) in [5.41, 5.74) is 0.679. The zero-order valence-electron chi connectivity index (χ0n) is 11.6. The predicted molar refractivity (Wildman–Crippen MR) is 72.6 cm³/mol. The van der Waals surface area contributed by atoms with Gasteiger partial charge in [0.05, 0.1) is 19.6 Å². The van der Waals surface area contributed by atoms with Crippen molar-refractivity contribution in [3.8, 4) is 11.4 Å². The molecule has 1 aromatic carbocycles. The standard InChI is InChI=1S/C14H16FN3O3/c1-2-20-13(19)7-8-16-9-12-17-14(18-21-12)10-3-5-11(15)6-4-10/h3-6,16H,2,7-9H2,1H3. The highest BCUT2D eigenvalue weighted by atomic mass is 19.1. The highest BCUT2D eigenvalue weighted by molar-refractivity contribution is 5.69. The number of ether oxygens (including phenoxy) is 1. The first kappa shape index (κ1) is 15.1. The van der Waals surface area contributed by atoms with Crippen LogP contribution >= 0.6 is 0 Å². The SMILES string of the molecule is CCOC(=O)CCNCc1nc(-c2ccc(F)cc2)no1. The van der Waals surface area contributed by atoms with E-state index in [1.807, 2.05) is 0 Å². The van der Waals surface area contributed by atoms with Crippen LogP contribution in [0, 0.1) is 5.82 Å². The number of carbonyl (C=O) groups excluding carboxylic acids is 1. The summed E-state index contributed by atoms with van der Waals surface area (Å²) in [6, 6.07) is 5.84. The number of esters is 1. The average molecular weight is 293 g/mol. The van der Waals surface area contributed by atoms with Crippen molar-refractivity contribution >= 4 is 5.97 Å². The van der Waals surface area contributed by atoms with Gasteiger partial charge < -0.3 is 14.6 Å². The van der Waals surface area contributed by atoms with Crippen molar-refractivity contribution in [3.05, 3.63) is 36.0 Å². The van der Waals surface area contributed by atoms with Crippen molar-refractivity contribution in [2.24, 2.45) is 0 Å². The molecule has 0 bridgehead atoms. The fraction of sp³-hybridized carbons (Fsp3) is 0.357. The number of aromatic nitrogens is 2. The molecular formula is C14H16FN3O3. The second-order valence-corrected chi connectivity index (χ2v) is 4.25. The third-order valence-corrected chi connectivity index (χ3v) is 2.66. The molecule has 1 heterocycles. The summed E-state index contributed by atoms with van der Waals surface area (Å²) in [6.07, 6.45) is 0.285. The molecule has 6 nitrogen and oxygen atoms in total. The Morgan fingerprint density at radius 3 is 2.86 bits per heavy atom. The van der Waals surface area contributed by atoms with Gasteiger partial charge in [0.25, 0.3) is 0 Å². The van der Waals surface area contributed by atoms with Gasteiger partial charge in [0.15, 0.2) is 0 Å². The molecule has 0 aliphatic carbocycles. The first-order chi connectivity index (χ1) is 10.2. The van der Waals surface area contributed by atoms with Gasteiger partial charge in [-0.15, -0.1) is 0 Å². The van der Waals surface area contributed by atoms with E-state index in [1.54, 1.807) is 19.1 Å². The molecule has 0 saturated carbocycles. The van der Waals surface area contributed by atoms with E-state index >= 15 is 0 Å². The van der Waals surface area contributed by atoms with E-state index in [2.05, 4.69) is 15.5 Å². The van der Waals surface area contributed by atoms with Crippen molar-refractivity contribution < 1.29 is 18.4 Å². The predicted octanol–water partition coefficient (Wildman–Crippen LogP) is 1.92. The Morgan fingerprint density at radius 1 is 1.38 bits per heavy atom. The van der Waals surface area contributed by atoms with E-state index in [9.17, 15) is 9.18 Å². The van der Waals surface area contributed by atoms with Crippen LogP contribution in [-0.4, -0.2) is 29.3 Å². The lowest BCUT2D eigenvalue weighted by Gasteiger charge is -2.01. The van der Waals surface area contributed by atoms with E-state index < -0.39 is 0 Å². The van der Waals surface area contributed by atoms with Crippen LogP contribution in [0.2, 0.25) is 0 Å². The van der Waals surface area contributed by atoms with Gasteiger partial charge in [-0.3, -0.25) is 4.79 Å². The van der Waals surface area contributed by atoms with Gasteiger partial charge in [0, 0.05) is 12.1 Å². The summed E-state index contributed by atoms with van der Waals surface area (Å²) < 4.78 is 22.7. The van der Waals surface area contributed by atoms with Gasteiger partial charge in [-0.25, -0.2) is 4.39 Å². The largest absolute Gasteiger partial charge is 0.466 e. The number of rotatable bonds is 7. The lowest BCUT2D eigenvalue weighted by atomic mass is 10.2. The Bertz CT molecular complexity index is 583. The first-order valence-corrected chi connectivity index (χ1v) is 6.64. The number of nitrogens with one attached hydrogen (secondary N) is 1. The minimum Gasteiger partial charge on any atom is -0.466 e. The maximum Gasteiger partial charge on any atom is 0.307 e. The van der Waals surface area contributed by atoms with Gasteiger partial charge in [-0.2, -0.15) is 4.98 Å². The molecule has 0 unspecified atom stereocenters. The van der Waals surface area contributed by atoms with Crippen LogP contribution < -0.4 is 5.32 Å². The van der Waals surface area contributed by atoms with Crippen LogP contribution in [0.5, 0.6) is 0 Å². The Morgan fingerprint density at radius 2 is 2.14 bits per heavy atom. The fourth-order valence-electron chi connectivity index (χ4n) is 1.66. The fourth-order valence-corrected chi connectivity index (χ4v) is 1.66. The summed E-state index contributed by atoms with van der Waals surface area (Å²) in [4.78, 5) is 15.3. The highest BCUT2D eigenvalue weighted by Crippen LogP contribution is 2.15. The van der Waals surface area contributed by atoms with Crippen molar-refractivity contribution in [2.75, 3.05) is 13.2 Å². The molecule has 0 atom stereocenters. The van der Waals surface area contributed by atoms with Crippen molar-refractivity contribution in [3.63, 3.8) is 0 Å². The lowest BCUT2D eigenvalue weighted by molar-refractivity contribution is -0.142. The lowest BCUT2D eigenvalue weighted by Crippen LogP contribution is -2.19. The molecule has 0 aliphatic rings. The Labute approximate surface area is 121 Å². The van der Waals surface area contributed by atoms with Crippen molar-refractivity contribution in [1.82, 2.24) is 15.5 Å². The van der Waals surface area contributed by atoms with E-state index in [-0.39, 0.29) is 18.2 Å². The normalized spacial score (nSPS) is 10.6. The molecule has 0 fully saturated rings. The van der Waals surface area contributed by atoms with E-state index in [0.29, 0.717) is 37.0 Å². The first-order valence-electron chi connectivity index (χ1n) is 6.64. The van der Waals surface area contributed by atoms with E-state index in [0.717, 1.165) is 0 Å². The summed E-state index contributed by atoms with van der Waals surface area (Å²) in [5.74, 6) is 0.237. The molecule has 0 spiro atoms. The smallest absolute Gasteiger partial charge is 0.307 e. The summed E-state index contributed by atoms with van der Waals surface area (Å²) in [6.45, 7) is 2.96. The molecule has 21 heavy (non-hydrogen) atoms. The molecule has 1 aromatic heterocycles. The zero-order valence-corrected chi connectivity index (χ0v) is 11.6. The maximum absolute atomic E-state index is 12.8. The van der Waals surface area contributed by atoms with Crippen LogP contribution in [0.25, 0.3) is 11.4 Å². The molecule has 0 amide bonds. The minimum atomic E-state index is -0.317. The van der Waals surface area contributed by atoms with E-state index in [1.165, 1.54) is 12.1 Å². The van der Waals surface area contributed by atoms with Gasteiger partial charge >= 0.3 is 5.97 Å². The Balaban J connectivity index is 1.81. The maximum atomic E-state index is 12.8. The molecule has 0 radical (unpaired) electrons. The topological polar surface area (TPSA) is 77.2 Å². The van der Waals surface area contributed by atoms with Crippen LogP contribution in [0.15, 0.2) is 28.8 Å². The molecule has 1 N–H and O–H groups in total. The number of carbonyl (C=O) groups is 1. The van der Waals surface area contributed by atoms with Crippen LogP contribution in [0.4, 0.5) is 4.39 Å². The Kier molecular flexibility index (Phi) is 5.39. The second kappa shape index (κ2) is 7.49. The molecule has 0 aliphatic heterocycles. The number of halogens is 1. The molecule has 2 rings (SSSR count). The second-order valence-electron chi connectivity index (χ2n) is 4.25. The van der Waals surface area contributed by atoms with Crippen molar-refractivity contribution in [1.29, 1.82) is 0 Å². The van der Waals surface area contributed by atoms with Crippen LogP contribution in [0.3, 0.4) is 0 Å². The molecule has 112 valence electrons. The van der Waals surface area contributed by atoms with Crippen LogP contribution in [0.1, 0.15) is 19.2 Å². The number of hydrogen-bond acceptors (Lipinski definition) is 6. The summed E-state index contributed by atoms with van der Waals surface area (Å²) in [7, 11) is 0. The molecule has 2 aromatic rings. The highest BCUT2D eigenvalue weighted by Gasteiger charge is 2.08. The quantitative estimate of drug-likeness (QED) is 0.621. The Hall–Kier alpha value is -2.28. The third kappa shape index (κ3) is 4.64. The van der Waals surface area contributed by atoms with Gasteiger partial charge in [-0.1, -0.05) is 5.16 Å². The molecule has 0 saturated heterocycles. The number of nitrogens with zero attached hydrogens (tertiary/aromatic N) is 2. The number of benzene rings is 1. The molecular weight excluding hydrogens is 277 g/mol. The minimum absolute atomic E-state index is 0.248. The zero-order chi connectivity index (χ0) is 15.1. The monoisotopic (exact) mass is 293 g/mol. The van der Waals surface area contributed by atoms with E-state index in [4.69, 9.17) is 9.26 Å². The van der Waals surface area contributed by atoms with Gasteiger partial charge in [0.2, 0.25) is 11.7 Å². The average Bonchev–Trinajstić information content (AvgIpc) is 2.93. The van der Waals surface area contributed by atoms with Gasteiger partial charge in [-0.05, 0) is 31.2 Å². The van der Waals surface area contributed by atoms with Crippen molar-refractivity contribution in [2.45, 2.75) is 19.9 Å². The third-order valence-electron chi connectivity index (χ3n) is 2.66. The van der Waals surface area contributed by atoms with Crippen LogP contribution in [-0.2, 0) is 16.1 Å². The summed E-state index contributed by atoms with van der Waals surface area (Å²) in [5, 5.41) is 6.83. The van der Waals surface area contributed by atoms with Gasteiger partial charge in [0.1, 0.15) is 5.82 Å².